The van der Waals surface area contributed by atoms with E-state index in [1.54, 1.807) is 6.07 Å². The summed E-state index contributed by atoms with van der Waals surface area (Å²) in [5.74, 6) is 0.649. The highest BCUT2D eigenvalue weighted by Gasteiger charge is 2.21. The van der Waals surface area contributed by atoms with Gasteiger partial charge in [0.15, 0.2) is 0 Å². The molecule has 2 rings (SSSR count). The third-order valence-corrected chi connectivity index (χ3v) is 3.60. The van der Waals surface area contributed by atoms with E-state index in [-0.39, 0.29) is 5.09 Å². The lowest BCUT2D eigenvalue weighted by Crippen LogP contribution is -2.18. The third kappa shape index (κ3) is 2.58. The molecule has 0 spiro atoms. The molecule has 2 N–H and O–H groups in total. The molecule has 0 radical (unpaired) electrons. The topological polar surface area (TPSA) is 71.3 Å². The maximum absolute atomic E-state index is 11.3. The lowest BCUT2D eigenvalue weighted by Gasteiger charge is -1.99. The van der Waals surface area contributed by atoms with Crippen LogP contribution in [0.2, 0.25) is 0 Å². The summed E-state index contributed by atoms with van der Waals surface area (Å²) < 4.78 is 30.1. The zero-order valence-corrected chi connectivity index (χ0v) is 9.30. The highest BCUT2D eigenvalue weighted by atomic mass is 32.2. The SMILES string of the molecule is CNS(=O)(=O)c1ccc(CNC2CC2)o1. The minimum absolute atomic E-state index is 0.0300. The van der Waals surface area contributed by atoms with Crippen molar-refractivity contribution in [1.82, 2.24) is 10.0 Å². The molecular formula is C9H14N2O3S. The average molecular weight is 230 g/mol. The fourth-order valence-corrected chi connectivity index (χ4v) is 1.90. The molecule has 0 unspecified atom stereocenters. The molecule has 1 saturated carbocycles. The Labute approximate surface area is 88.9 Å². The van der Waals surface area contributed by atoms with E-state index in [0.29, 0.717) is 18.3 Å². The molecule has 0 atom stereocenters. The monoisotopic (exact) mass is 230 g/mol. The summed E-state index contributed by atoms with van der Waals surface area (Å²) >= 11 is 0. The van der Waals surface area contributed by atoms with Crippen LogP contribution in [0.15, 0.2) is 21.6 Å². The molecule has 0 aromatic carbocycles. The Hall–Kier alpha value is -0.850. The maximum atomic E-state index is 11.3. The molecule has 1 aliphatic carbocycles. The van der Waals surface area contributed by atoms with Crippen molar-refractivity contribution in [3.8, 4) is 0 Å². The lowest BCUT2D eigenvalue weighted by molar-refractivity contribution is 0.400. The van der Waals surface area contributed by atoms with Gasteiger partial charge in [-0.1, -0.05) is 0 Å². The van der Waals surface area contributed by atoms with Gasteiger partial charge in [-0.15, -0.1) is 0 Å². The van der Waals surface area contributed by atoms with Crippen molar-refractivity contribution in [3.05, 3.63) is 17.9 Å². The third-order valence-electron chi connectivity index (χ3n) is 2.31. The normalized spacial score (nSPS) is 16.9. The van der Waals surface area contributed by atoms with Crippen LogP contribution in [0.3, 0.4) is 0 Å². The second kappa shape index (κ2) is 3.96. The minimum atomic E-state index is -3.44. The van der Waals surface area contributed by atoms with E-state index in [1.807, 2.05) is 0 Å². The standard InChI is InChI=1S/C9H14N2O3S/c1-10-15(12,13)9-5-4-8(14-9)6-11-7-2-3-7/h4-5,7,10-11H,2-3,6H2,1H3. The highest BCUT2D eigenvalue weighted by molar-refractivity contribution is 7.89. The predicted octanol–water partition coefficient (Wildman–Crippen LogP) is 0.440. The number of furan rings is 1. The zero-order chi connectivity index (χ0) is 10.9. The van der Waals surface area contributed by atoms with Gasteiger partial charge in [0.05, 0.1) is 6.54 Å². The van der Waals surface area contributed by atoms with Gasteiger partial charge < -0.3 is 9.73 Å². The van der Waals surface area contributed by atoms with Crippen LogP contribution >= 0.6 is 0 Å². The lowest BCUT2D eigenvalue weighted by atomic mass is 10.4. The molecule has 0 amide bonds. The summed E-state index contributed by atoms with van der Waals surface area (Å²) in [6.07, 6.45) is 2.39. The highest BCUT2D eigenvalue weighted by Crippen LogP contribution is 2.20. The Balaban J connectivity index is 2.02. The molecule has 0 aliphatic heterocycles. The Kier molecular flexibility index (Phi) is 2.81. The quantitative estimate of drug-likeness (QED) is 0.770. The molecule has 0 saturated heterocycles. The Morgan fingerprint density at radius 3 is 2.80 bits per heavy atom. The summed E-state index contributed by atoms with van der Waals surface area (Å²) in [5.41, 5.74) is 0. The molecule has 15 heavy (non-hydrogen) atoms. The summed E-state index contributed by atoms with van der Waals surface area (Å²) in [6, 6.07) is 3.73. The van der Waals surface area contributed by atoms with E-state index in [0.717, 1.165) is 0 Å². The summed E-state index contributed by atoms with van der Waals surface area (Å²) in [5, 5.41) is 3.22. The van der Waals surface area contributed by atoms with Gasteiger partial charge in [-0.05, 0) is 32.0 Å². The Morgan fingerprint density at radius 1 is 1.47 bits per heavy atom. The molecule has 6 heteroatoms. The molecule has 1 aromatic heterocycles. The molecule has 1 fully saturated rings. The fraction of sp³-hybridized carbons (Fsp3) is 0.556. The Bertz CT molecular complexity index is 434. The summed E-state index contributed by atoms with van der Waals surface area (Å²) in [7, 11) is -2.08. The number of rotatable bonds is 5. The molecule has 1 heterocycles. The second-order valence-corrected chi connectivity index (χ2v) is 5.40. The smallest absolute Gasteiger partial charge is 0.273 e. The maximum Gasteiger partial charge on any atom is 0.273 e. The van der Waals surface area contributed by atoms with E-state index in [9.17, 15) is 8.42 Å². The van der Waals surface area contributed by atoms with E-state index in [1.165, 1.54) is 26.0 Å². The van der Waals surface area contributed by atoms with Gasteiger partial charge >= 0.3 is 0 Å². The van der Waals surface area contributed by atoms with E-state index < -0.39 is 10.0 Å². The fourth-order valence-electron chi connectivity index (χ4n) is 1.23. The van der Waals surface area contributed by atoms with Crippen molar-refractivity contribution in [2.45, 2.75) is 30.5 Å². The van der Waals surface area contributed by atoms with Crippen LogP contribution < -0.4 is 10.0 Å². The van der Waals surface area contributed by atoms with E-state index >= 15 is 0 Å². The minimum Gasteiger partial charge on any atom is -0.447 e. The number of hydrogen-bond donors (Lipinski definition) is 2. The van der Waals surface area contributed by atoms with Crippen molar-refractivity contribution in [2.75, 3.05) is 7.05 Å². The largest absolute Gasteiger partial charge is 0.447 e. The van der Waals surface area contributed by atoms with Crippen LogP contribution in [0.25, 0.3) is 0 Å². The second-order valence-electron chi connectivity index (χ2n) is 3.58. The van der Waals surface area contributed by atoms with Gasteiger partial charge in [0.1, 0.15) is 5.76 Å². The number of sulfonamides is 1. The van der Waals surface area contributed by atoms with E-state index in [2.05, 4.69) is 10.0 Å². The molecule has 5 nitrogen and oxygen atoms in total. The van der Waals surface area contributed by atoms with Crippen LogP contribution in [0.5, 0.6) is 0 Å². The first-order valence-electron chi connectivity index (χ1n) is 4.87. The molecule has 1 aliphatic rings. The summed E-state index contributed by atoms with van der Waals surface area (Å²) in [4.78, 5) is 0. The van der Waals surface area contributed by atoms with Crippen LogP contribution in [-0.2, 0) is 16.6 Å². The van der Waals surface area contributed by atoms with Gasteiger partial charge in [-0.3, -0.25) is 0 Å². The van der Waals surface area contributed by atoms with Crippen molar-refractivity contribution in [1.29, 1.82) is 0 Å². The van der Waals surface area contributed by atoms with Crippen molar-refractivity contribution in [3.63, 3.8) is 0 Å². The van der Waals surface area contributed by atoms with Gasteiger partial charge in [-0.2, -0.15) is 0 Å². The average Bonchev–Trinajstić information content (AvgIpc) is 2.92. The first kappa shape index (κ1) is 10.7. The molecule has 1 aromatic rings. The van der Waals surface area contributed by atoms with Gasteiger partial charge in [0.25, 0.3) is 10.0 Å². The van der Waals surface area contributed by atoms with Crippen LogP contribution in [-0.4, -0.2) is 21.5 Å². The first-order chi connectivity index (χ1) is 7.12. The Morgan fingerprint density at radius 2 is 2.20 bits per heavy atom. The summed E-state index contributed by atoms with van der Waals surface area (Å²) in [6.45, 7) is 0.587. The zero-order valence-electron chi connectivity index (χ0n) is 8.49. The van der Waals surface area contributed by atoms with Crippen molar-refractivity contribution >= 4 is 10.0 Å². The van der Waals surface area contributed by atoms with Crippen molar-refractivity contribution < 1.29 is 12.8 Å². The predicted molar refractivity (Wildman–Crippen MR) is 54.8 cm³/mol. The first-order valence-corrected chi connectivity index (χ1v) is 6.36. The van der Waals surface area contributed by atoms with Gasteiger partial charge in [0, 0.05) is 6.04 Å². The van der Waals surface area contributed by atoms with Crippen molar-refractivity contribution in [2.24, 2.45) is 0 Å². The number of nitrogens with one attached hydrogen (secondary N) is 2. The molecular weight excluding hydrogens is 216 g/mol. The van der Waals surface area contributed by atoms with Gasteiger partial charge in [-0.25, -0.2) is 13.1 Å². The van der Waals surface area contributed by atoms with Crippen LogP contribution in [0.4, 0.5) is 0 Å². The molecule has 0 bridgehead atoms. The molecule has 84 valence electrons. The van der Waals surface area contributed by atoms with E-state index in [4.69, 9.17) is 4.42 Å². The van der Waals surface area contributed by atoms with Crippen LogP contribution in [0.1, 0.15) is 18.6 Å². The van der Waals surface area contributed by atoms with Gasteiger partial charge in [0.2, 0.25) is 5.09 Å². The number of hydrogen-bond acceptors (Lipinski definition) is 4. The van der Waals surface area contributed by atoms with Crippen LogP contribution in [0, 0.1) is 0 Å².